The van der Waals surface area contributed by atoms with Crippen LogP contribution in [0.25, 0.3) is 11.3 Å². The summed E-state index contributed by atoms with van der Waals surface area (Å²) in [6, 6.07) is 8.41. The Morgan fingerprint density at radius 3 is 2.62 bits per heavy atom. The molecular weight excluding hydrogens is 316 g/mol. The van der Waals surface area contributed by atoms with Gasteiger partial charge >= 0.3 is 5.97 Å². The van der Waals surface area contributed by atoms with Crippen molar-refractivity contribution in [2.45, 2.75) is 6.42 Å². The van der Waals surface area contributed by atoms with Crippen LogP contribution >= 0.6 is 23.2 Å². The maximum Gasteiger partial charge on any atom is 0.358 e. The molecule has 0 bridgehead atoms. The SMILES string of the molecule is COC(=O)c1nc(-c2ccc(CCF)cc2Cl)ccc1Cl. The van der Waals surface area contributed by atoms with Crippen molar-refractivity contribution >= 4 is 29.2 Å². The fourth-order valence-corrected chi connectivity index (χ4v) is 2.35. The van der Waals surface area contributed by atoms with Crippen molar-refractivity contribution in [2.75, 3.05) is 13.8 Å². The van der Waals surface area contributed by atoms with Gasteiger partial charge in [-0.3, -0.25) is 4.39 Å². The van der Waals surface area contributed by atoms with E-state index in [4.69, 9.17) is 23.2 Å². The van der Waals surface area contributed by atoms with Crippen LogP contribution in [0.1, 0.15) is 16.1 Å². The second kappa shape index (κ2) is 6.87. The molecule has 0 aliphatic rings. The lowest BCUT2D eigenvalue weighted by Gasteiger charge is -2.08. The number of methoxy groups -OCH3 is 1. The Morgan fingerprint density at radius 1 is 1.24 bits per heavy atom. The summed E-state index contributed by atoms with van der Waals surface area (Å²) >= 11 is 12.1. The highest BCUT2D eigenvalue weighted by Gasteiger charge is 2.15. The summed E-state index contributed by atoms with van der Waals surface area (Å²) in [6.45, 7) is -0.443. The first kappa shape index (κ1) is 15.7. The van der Waals surface area contributed by atoms with Gasteiger partial charge in [-0.15, -0.1) is 0 Å². The van der Waals surface area contributed by atoms with Crippen LogP contribution < -0.4 is 0 Å². The van der Waals surface area contributed by atoms with Gasteiger partial charge in [0.25, 0.3) is 0 Å². The second-order valence-electron chi connectivity index (χ2n) is 4.27. The van der Waals surface area contributed by atoms with Crippen molar-refractivity contribution in [3.05, 3.63) is 51.6 Å². The lowest BCUT2D eigenvalue weighted by molar-refractivity contribution is 0.0594. The summed E-state index contributed by atoms with van der Waals surface area (Å²) in [5, 5.41) is 0.641. The summed E-state index contributed by atoms with van der Waals surface area (Å²) in [5.41, 5.74) is 1.96. The first-order valence-electron chi connectivity index (χ1n) is 6.16. The van der Waals surface area contributed by atoms with Crippen molar-refractivity contribution in [3.63, 3.8) is 0 Å². The third-order valence-electron chi connectivity index (χ3n) is 2.92. The molecule has 6 heteroatoms. The standard InChI is InChI=1S/C15H12Cl2FNO2/c1-21-15(20)14-11(16)4-5-13(19-14)10-3-2-9(6-7-18)8-12(10)17/h2-5,8H,6-7H2,1H3. The zero-order valence-corrected chi connectivity index (χ0v) is 12.7. The number of aromatic nitrogens is 1. The summed E-state index contributed by atoms with van der Waals surface area (Å²) < 4.78 is 17.0. The van der Waals surface area contributed by atoms with Crippen LogP contribution in [0.3, 0.4) is 0 Å². The third kappa shape index (κ3) is 3.52. The number of aryl methyl sites for hydroxylation is 1. The summed E-state index contributed by atoms with van der Waals surface area (Å²) in [5.74, 6) is -0.618. The minimum absolute atomic E-state index is 0.0283. The molecule has 0 saturated heterocycles. The van der Waals surface area contributed by atoms with Crippen LogP contribution in [0.15, 0.2) is 30.3 Å². The predicted molar refractivity (Wildman–Crippen MR) is 80.7 cm³/mol. The lowest BCUT2D eigenvalue weighted by atomic mass is 10.1. The molecule has 0 fully saturated rings. The van der Waals surface area contributed by atoms with E-state index in [9.17, 15) is 9.18 Å². The Hall–Kier alpha value is -1.65. The zero-order valence-electron chi connectivity index (χ0n) is 11.2. The number of ether oxygens (including phenoxy) is 1. The highest BCUT2D eigenvalue weighted by molar-refractivity contribution is 6.34. The molecule has 0 unspecified atom stereocenters. The van der Waals surface area contributed by atoms with Crippen molar-refractivity contribution < 1.29 is 13.9 Å². The van der Waals surface area contributed by atoms with Gasteiger partial charge < -0.3 is 4.74 Å². The Kier molecular flexibility index (Phi) is 5.15. The van der Waals surface area contributed by atoms with Gasteiger partial charge in [0.15, 0.2) is 5.69 Å². The first-order chi connectivity index (χ1) is 10.1. The Balaban J connectivity index is 2.45. The number of pyridine rings is 1. The van der Waals surface area contributed by atoms with Crippen LogP contribution in [-0.4, -0.2) is 24.7 Å². The molecule has 2 aromatic rings. The topological polar surface area (TPSA) is 39.2 Å². The highest BCUT2D eigenvalue weighted by atomic mass is 35.5. The fraction of sp³-hybridized carbons (Fsp3) is 0.200. The molecule has 0 atom stereocenters. The number of carbonyl (C=O) groups is 1. The van der Waals surface area contributed by atoms with E-state index >= 15 is 0 Å². The average Bonchev–Trinajstić information content (AvgIpc) is 2.48. The molecular formula is C15H12Cl2FNO2. The van der Waals surface area contributed by atoms with E-state index in [0.717, 1.165) is 5.56 Å². The molecule has 21 heavy (non-hydrogen) atoms. The quantitative estimate of drug-likeness (QED) is 0.783. The molecule has 110 valence electrons. The van der Waals surface area contributed by atoms with Gasteiger partial charge in [-0.2, -0.15) is 0 Å². The van der Waals surface area contributed by atoms with E-state index in [1.54, 1.807) is 30.3 Å². The van der Waals surface area contributed by atoms with Gasteiger partial charge in [-0.05, 0) is 23.8 Å². The number of alkyl halides is 1. The summed E-state index contributed by atoms with van der Waals surface area (Å²) in [7, 11) is 1.26. The van der Waals surface area contributed by atoms with E-state index in [-0.39, 0.29) is 10.7 Å². The molecule has 0 aliphatic carbocycles. The van der Waals surface area contributed by atoms with Gasteiger partial charge in [-0.25, -0.2) is 9.78 Å². The van der Waals surface area contributed by atoms with Crippen LogP contribution in [0, 0.1) is 0 Å². The van der Waals surface area contributed by atoms with E-state index in [1.165, 1.54) is 7.11 Å². The number of carbonyl (C=O) groups excluding carboxylic acids is 1. The summed E-state index contributed by atoms with van der Waals surface area (Å²) in [4.78, 5) is 15.8. The van der Waals surface area contributed by atoms with Gasteiger partial charge in [0.1, 0.15) is 0 Å². The minimum Gasteiger partial charge on any atom is -0.464 e. The van der Waals surface area contributed by atoms with Crippen LogP contribution in [0.4, 0.5) is 4.39 Å². The Bertz CT molecular complexity index is 677. The highest BCUT2D eigenvalue weighted by Crippen LogP contribution is 2.29. The predicted octanol–water partition coefficient (Wildman–Crippen LogP) is 4.35. The number of esters is 1. The molecule has 1 heterocycles. The molecule has 0 spiro atoms. The Morgan fingerprint density at radius 2 is 2.00 bits per heavy atom. The first-order valence-corrected chi connectivity index (χ1v) is 6.92. The zero-order chi connectivity index (χ0) is 15.4. The number of hydrogen-bond donors (Lipinski definition) is 0. The van der Waals surface area contributed by atoms with E-state index in [2.05, 4.69) is 9.72 Å². The minimum atomic E-state index is -0.618. The lowest BCUT2D eigenvalue weighted by Crippen LogP contribution is -2.06. The molecule has 1 aromatic heterocycles. The normalized spacial score (nSPS) is 10.5. The molecule has 3 nitrogen and oxygen atoms in total. The monoisotopic (exact) mass is 327 g/mol. The number of rotatable bonds is 4. The number of hydrogen-bond acceptors (Lipinski definition) is 3. The molecule has 0 aliphatic heterocycles. The van der Waals surface area contributed by atoms with Crippen molar-refractivity contribution in [1.82, 2.24) is 4.98 Å². The van der Waals surface area contributed by atoms with Crippen molar-refractivity contribution in [3.8, 4) is 11.3 Å². The van der Waals surface area contributed by atoms with Gasteiger partial charge in [0.05, 0.1) is 29.5 Å². The molecule has 0 saturated carbocycles. The van der Waals surface area contributed by atoms with E-state index in [1.807, 2.05) is 0 Å². The number of benzene rings is 1. The van der Waals surface area contributed by atoms with Crippen LogP contribution in [0.5, 0.6) is 0 Å². The molecule has 2 rings (SSSR count). The van der Waals surface area contributed by atoms with Gasteiger partial charge in [0, 0.05) is 12.0 Å². The van der Waals surface area contributed by atoms with Crippen LogP contribution in [-0.2, 0) is 11.2 Å². The number of nitrogens with zero attached hydrogens (tertiary/aromatic N) is 1. The fourth-order valence-electron chi connectivity index (χ4n) is 1.86. The second-order valence-corrected chi connectivity index (χ2v) is 5.09. The van der Waals surface area contributed by atoms with Gasteiger partial charge in [0.2, 0.25) is 0 Å². The average molecular weight is 328 g/mol. The largest absolute Gasteiger partial charge is 0.464 e. The molecule has 1 aromatic carbocycles. The van der Waals surface area contributed by atoms with Crippen molar-refractivity contribution in [2.24, 2.45) is 0 Å². The van der Waals surface area contributed by atoms with Crippen LogP contribution in [0.2, 0.25) is 10.0 Å². The Labute approximate surface area is 131 Å². The number of halogens is 3. The molecule has 0 amide bonds. The van der Waals surface area contributed by atoms with E-state index < -0.39 is 12.6 Å². The molecule has 0 radical (unpaired) electrons. The maximum absolute atomic E-state index is 12.3. The molecule has 0 N–H and O–H groups in total. The third-order valence-corrected chi connectivity index (χ3v) is 3.54. The summed E-state index contributed by atoms with van der Waals surface area (Å²) in [6.07, 6.45) is 0.307. The maximum atomic E-state index is 12.3. The van der Waals surface area contributed by atoms with Gasteiger partial charge in [-0.1, -0.05) is 35.3 Å². The van der Waals surface area contributed by atoms with E-state index in [0.29, 0.717) is 22.7 Å². The van der Waals surface area contributed by atoms with Crippen molar-refractivity contribution in [1.29, 1.82) is 0 Å². The smallest absolute Gasteiger partial charge is 0.358 e.